The first-order valence-electron chi connectivity index (χ1n) is 7.16. The minimum Gasteiger partial charge on any atom is -0.486 e. The molecule has 9 nitrogen and oxygen atoms in total. The molecule has 1 aliphatic heterocycles. The van der Waals surface area contributed by atoms with Crippen molar-refractivity contribution in [2.75, 3.05) is 26.3 Å². The molecule has 0 amide bonds. The summed E-state index contributed by atoms with van der Waals surface area (Å²) < 4.78 is 37.8. The largest absolute Gasteiger partial charge is 0.486 e. The van der Waals surface area contributed by atoms with E-state index in [4.69, 9.17) is 9.47 Å². The van der Waals surface area contributed by atoms with E-state index < -0.39 is 25.5 Å². The minimum absolute atomic E-state index is 0.106. The Bertz CT molecular complexity index is 691. The Balaban J connectivity index is 2.34. The molecule has 0 fully saturated rings. The monoisotopic (exact) mass is 345 g/mol. The van der Waals surface area contributed by atoms with Crippen LogP contribution < -0.4 is 19.5 Å². The highest BCUT2D eigenvalue weighted by molar-refractivity contribution is 7.89. The van der Waals surface area contributed by atoms with Gasteiger partial charge in [-0.05, 0) is 13.5 Å². The first kappa shape index (κ1) is 17.4. The third kappa shape index (κ3) is 4.09. The van der Waals surface area contributed by atoms with E-state index in [1.807, 2.05) is 13.8 Å². The molecular weight excluding hydrogens is 326 g/mol. The normalized spacial score (nSPS) is 15.2. The maximum Gasteiger partial charge on any atom is 0.293 e. The Hall–Kier alpha value is -1.91. The van der Waals surface area contributed by atoms with E-state index in [1.165, 1.54) is 0 Å². The lowest BCUT2D eigenvalue weighted by atomic mass is 10.2. The summed E-state index contributed by atoms with van der Waals surface area (Å²) in [6, 6.07) is 2.11. The van der Waals surface area contributed by atoms with Gasteiger partial charge in [-0.2, -0.15) is 0 Å². The molecule has 0 spiro atoms. The Morgan fingerprint density at radius 2 is 1.91 bits per heavy atom. The third-order valence-electron chi connectivity index (χ3n) is 3.24. The molecule has 10 heteroatoms. The first-order chi connectivity index (χ1) is 10.8. The zero-order valence-corrected chi connectivity index (χ0v) is 13.7. The summed E-state index contributed by atoms with van der Waals surface area (Å²) in [6.07, 6.45) is 0. The van der Waals surface area contributed by atoms with Crippen LogP contribution in [0, 0.1) is 10.1 Å². The van der Waals surface area contributed by atoms with E-state index in [0.717, 1.165) is 12.1 Å². The second-order valence-electron chi connectivity index (χ2n) is 5.03. The van der Waals surface area contributed by atoms with Crippen LogP contribution in [0.3, 0.4) is 0 Å². The fourth-order valence-electron chi connectivity index (χ4n) is 2.15. The molecular formula is C13H19N3O6S. The van der Waals surface area contributed by atoms with Gasteiger partial charge in [0, 0.05) is 18.7 Å². The van der Waals surface area contributed by atoms with Crippen LogP contribution in [0.15, 0.2) is 17.0 Å². The number of nitrogens with one attached hydrogen (secondary N) is 2. The number of sulfonamides is 1. The molecule has 0 bridgehead atoms. The molecule has 0 unspecified atom stereocenters. The average molecular weight is 345 g/mol. The maximum atomic E-state index is 12.4. The summed E-state index contributed by atoms with van der Waals surface area (Å²) in [5.41, 5.74) is -0.544. The van der Waals surface area contributed by atoms with Crippen molar-refractivity contribution in [2.24, 2.45) is 0 Å². The van der Waals surface area contributed by atoms with Crippen molar-refractivity contribution in [3.63, 3.8) is 0 Å². The molecule has 2 rings (SSSR count). The molecule has 0 saturated heterocycles. The highest BCUT2D eigenvalue weighted by Gasteiger charge is 2.30. The van der Waals surface area contributed by atoms with Crippen LogP contribution in [-0.4, -0.2) is 45.7 Å². The molecule has 1 aromatic carbocycles. The Kier molecular flexibility index (Phi) is 5.39. The lowest BCUT2D eigenvalue weighted by molar-refractivity contribution is -0.388. The van der Waals surface area contributed by atoms with Gasteiger partial charge in [-0.3, -0.25) is 10.1 Å². The van der Waals surface area contributed by atoms with Gasteiger partial charge >= 0.3 is 0 Å². The molecule has 0 aliphatic carbocycles. The lowest BCUT2D eigenvalue weighted by Crippen LogP contribution is -2.38. The molecule has 1 aromatic rings. The van der Waals surface area contributed by atoms with Crippen LogP contribution in [0.4, 0.5) is 5.69 Å². The van der Waals surface area contributed by atoms with Gasteiger partial charge in [-0.15, -0.1) is 0 Å². The summed E-state index contributed by atoms with van der Waals surface area (Å²) in [7, 11) is -4.05. The number of fused-ring (bicyclic) bond motifs is 1. The van der Waals surface area contributed by atoms with Crippen molar-refractivity contribution < 1.29 is 22.8 Å². The number of ether oxygens (including phenoxy) is 2. The number of benzene rings is 1. The molecule has 0 aromatic heterocycles. The summed E-state index contributed by atoms with van der Waals surface area (Å²) in [4.78, 5) is 10.0. The highest BCUT2D eigenvalue weighted by atomic mass is 32.2. The Morgan fingerprint density at radius 3 is 2.48 bits per heavy atom. The van der Waals surface area contributed by atoms with Crippen molar-refractivity contribution in [1.82, 2.24) is 10.0 Å². The van der Waals surface area contributed by atoms with Crippen molar-refractivity contribution in [1.29, 1.82) is 0 Å². The van der Waals surface area contributed by atoms with Gasteiger partial charge in [-0.25, -0.2) is 13.1 Å². The zero-order chi connectivity index (χ0) is 17.0. The van der Waals surface area contributed by atoms with Gasteiger partial charge in [-0.1, -0.05) is 6.92 Å². The van der Waals surface area contributed by atoms with E-state index in [-0.39, 0.29) is 37.3 Å². The highest BCUT2D eigenvalue weighted by Crippen LogP contribution is 2.38. The van der Waals surface area contributed by atoms with Gasteiger partial charge in [0.15, 0.2) is 16.4 Å². The number of nitrogens with zero attached hydrogens (tertiary/aromatic N) is 1. The molecule has 23 heavy (non-hydrogen) atoms. The number of hydrogen-bond donors (Lipinski definition) is 2. The van der Waals surface area contributed by atoms with Crippen molar-refractivity contribution in [3.05, 3.63) is 22.2 Å². The van der Waals surface area contributed by atoms with Crippen LogP contribution in [-0.2, 0) is 10.0 Å². The average Bonchev–Trinajstić information content (AvgIpc) is 2.52. The molecule has 0 saturated carbocycles. The molecule has 128 valence electrons. The summed E-state index contributed by atoms with van der Waals surface area (Å²) in [5, 5.41) is 14.3. The summed E-state index contributed by atoms with van der Waals surface area (Å²) in [6.45, 7) is 5.03. The number of rotatable bonds is 7. The van der Waals surface area contributed by atoms with Gasteiger partial charge < -0.3 is 14.8 Å². The van der Waals surface area contributed by atoms with Gasteiger partial charge in [0.1, 0.15) is 13.2 Å². The van der Waals surface area contributed by atoms with E-state index in [1.54, 1.807) is 0 Å². The van der Waals surface area contributed by atoms with Crippen molar-refractivity contribution in [2.45, 2.75) is 24.8 Å². The van der Waals surface area contributed by atoms with Gasteiger partial charge in [0.25, 0.3) is 5.69 Å². The standard InChI is InChI=1S/C13H19N3O6S/c1-3-14-9(2)8-15-23(19,20)13-7-12-11(21-4-5-22-12)6-10(13)16(17)18/h6-7,9,14-15H,3-5,8H2,1-2H3/t9-/m1/s1. The van der Waals surface area contributed by atoms with E-state index in [9.17, 15) is 18.5 Å². The first-order valence-corrected chi connectivity index (χ1v) is 8.64. The van der Waals surface area contributed by atoms with Crippen molar-refractivity contribution >= 4 is 15.7 Å². The topological polar surface area (TPSA) is 120 Å². The fourth-order valence-corrected chi connectivity index (χ4v) is 3.45. The molecule has 2 N–H and O–H groups in total. The van der Waals surface area contributed by atoms with Crippen LogP contribution in [0.1, 0.15) is 13.8 Å². The number of nitro benzene ring substituents is 1. The second kappa shape index (κ2) is 7.11. The third-order valence-corrected chi connectivity index (χ3v) is 4.69. The molecule has 0 radical (unpaired) electrons. The van der Waals surface area contributed by atoms with Crippen LogP contribution in [0.25, 0.3) is 0 Å². The molecule has 1 heterocycles. The molecule has 1 atom stereocenters. The Morgan fingerprint density at radius 1 is 1.30 bits per heavy atom. The number of nitro groups is 1. The number of likely N-dealkylation sites (N-methyl/N-ethyl adjacent to an activating group) is 1. The second-order valence-corrected chi connectivity index (χ2v) is 6.77. The quantitative estimate of drug-likeness (QED) is 0.549. The van der Waals surface area contributed by atoms with Gasteiger partial charge in [0.2, 0.25) is 10.0 Å². The zero-order valence-electron chi connectivity index (χ0n) is 12.9. The predicted molar refractivity (Wildman–Crippen MR) is 82.4 cm³/mol. The van der Waals surface area contributed by atoms with Crippen LogP contribution >= 0.6 is 0 Å². The van der Waals surface area contributed by atoms with Gasteiger partial charge in [0.05, 0.1) is 11.0 Å². The van der Waals surface area contributed by atoms with Crippen LogP contribution in [0.5, 0.6) is 11.5 Å². The fraction of sp³-hybridized carbons (Fsp3) is 0.538. The maximum absolute atomic E-state index is 12.4. The van der Waals surface area contributed by atoms with E-state index in [2.05, 4.69) is 10.0 Å². The van der Waals surface area contributed by atoms with E-state index in [0.29, 0.717) is 6.54 Å². The SMILES string of the molecule is CCN[C@H](C)CNS(=O)(=O)c1cc2c(cc1[N+](=O)[O-])OCCO2. The smallest absolute Gasteiger partial charge is 0.293 e. The van der Waals surface area contributed by atoms with Crippen LogP contribution in [0.2, 0.25) is 0 Å². The summed E-state index contributed by atoms with van der Waals surface area (Å²) in [5.74, 6) is 0.352. The van der Waals surface area contributed by atoms with Crippen molar-refractivity contribution in [3.8, 4) is 11.5 Å². The predicted octanol–water partition coefficient (Wildman–Crippen LogP) is 0.642. The molecule has 1 aliphatic rings. The minimum atomic E-state index is -4.05. The lowest BCUT2D eigenvalue weighted by Gasteiger charge is -2.19. The number of hydrogen-bond acceptors (Lipinski definition) is 7. The van der Waals surface area contributed by atoms with E-state index >= 15 is 0 Å². The summed E-state index contributed by atoms with van der Waals surface area (Å²) >= 11 is 0. The Labute approximate surface area is 134 Å².